The number of nitrogens with zero attached hydrogens (tertiary/aromatic N) is 2. The highest BCUT2D eigenvalue weighted by atomic mass is 79.9. The SMILES string of the molecule is CCn1cc(COc2cc(Br)ccc2F)cn1. The van der Waals surface area contributed by atoms with E-state index in [1.165, 1.54) is 6.07 Å². The molecule has 0 N–H and O–H groups in total. The normalized spacial score (nSPS) is 10.5. The van der Waals surface area contributed by atoms with E-state index in [2.05, 4.69) is 21.0 Å². The minimum absolute atomic E-state index is 0.239. The van der Waals surface area contributed by atoms with Crippen molar-refractivity contribution >= 4 is 15.9 Å². The van der Waals surface area contributed by atoms with Crippen molar-refractivity contribution in [2.24, 2.45) is 0 Å². The minimum atomic E-state index is -0.365. The number of aromatic nitrogens is 2. The summed E-state index contributed by atoms with van der Waals surface area (Å²) in [5.74, 6) is -0.125. The second kappa shape index (κ2) is 5.31. The lowest BCUT2D eigenvalue weighted by Gasteiger charge is -2.05. The maximum absolute atomic E-state index is 13.4. The number of aryl methyl sites for hydroxylation is 1. The molecule has 2 rings (SSSR count). The predicted molar refractivity (Wildman–Crippen MR) is 66.3 cm³/mol. The van der Waals surface area contributed by atoms with E-state index in [0.29, 0.717) is 6.61 Å². The van der Waals surface area contributed by atoms with Crippen LogP contribution in [0.25, 0.3) is 0 Å². The molecule has 1 aromatic carbocycles. The Kier molecular flexibility index (Phi) is 3.78. The number of ether oxygens (including phenoxy) is 1. The lowest BCUT2D eigenvalue weighted by Crippen LogP contribution is -1.97. The standard InChI is InChI=1S/C12H12BrFN2O/c1-2-16-7-9(6-15-16)8-17-12-5-10(13)3-4-11(12)14/h3-7H,2,8H2,1H3. The molecule has 3 nitrogen and oxygen atoms in total. The van der Waals surface area contributed by atoms with Crippen molar-refractivity contribution in [1.82, 2.24) is 9.78 Å². The smallest absolute Gasteiger partial charge is 0.165 e. The quantitative estimate of drug-likeness (QED) is 0.865. The Morgan fingerprint density at radius 3 is 3.00 bits per heavy atom. The summed E-state index contributed by atoms with van der Waals surface area (Å²) in [5, 5.41) is 4.12. The van der Waals surface area contributed by atoms with E-state index in [1.54, 1.807) is 23.0 Å². The summed E-state index contributed by atoms with van der Waals surface area (Å²) in [6, 6.07) is 4.62. The fourth-order valence-electron chi connectivity index (χ4n) is 1.40. The van der Waals surface area contributed by atoms with E-state index >= 15 is 0 Å². The fraction of sp³-hybridized carbons (Fsp3) is 0.250. The van der Waals surface area contributed by atoms with E-state index < -0.39 is 0 Å². The summed E-state index contributed by atoms with van der Waals surface area (Å²) in [5.41, 5.74) is 0.922. The van der Waals surface area contributed by atoms with Crippen LogP contribution >= 0.6 is 15.9 Å². The van der Waals surface area contributed by atoms with Gasteiger partial charge < -0.3 is 4.74 Å². The van der Waals surface area contributed by atoms with Gasteiger partial charge in [0.25, 0.3) is 0 Å². The predicted octanol–water partition coefficient (Wildman–Crippen LogP) is 3.38. The van der Waals surface area contributed by atoms with Gasteiger partial charge in [0, 0.05) is 22.8 Å². The van der Waals surface area contributed by atoms with Gasteiger partial charge in [-0.1, -0.05) is 15.9 Å². The third-order valence-electron chi connectivity index (χ3n) is 2.30. The Balaban J connectivity index is 2.04. The van der Waals surface area contributed by atoms with Gasteiger partial charge in [0.2, 0.25) is 0 Å². The van der Waals surface area contributed by atoms with Crippen LogP contribution in [0.15, 0.2) is 35.1 Å². The highest BCUT2D eigenvalue weighted by molar-refractivity contribution is 9.10. The van der Waals surface area contributed by atoms with E-state index in [0.717, 1.165) is 16.6 Å². The number of rotatable bonds is 4. The van der Waals surface area contributed by atoms with Crippen LogP contribution in [0, 0.1) is 5.82 Å². The van der Waals surface area contributed by atoms with Gasteiger partial charge in [0.15, 0.2) is 11.6 Å². The van der Waals surface area contributed by atoms with Gasteiger partial charge in [-0.3, -0.25) is 4.68 Å². The van der Waals surface area contributed by atoms with Crippen LogP contribution in [0.5, 0.6) is 5.75 Å². The Morgan fingerprint density at radius 1 is 1.47 bits per heavy atom. The van der Waals surface area contributed by atoms with Crippen LogP contribution in [-0.2, 0) is 13.2 Å². The second-order valence-electron chi connectivity index (χ2n) is 3.57. The fourth-order valence-corrected chi connectivity index (χ4v) is 1.74. The van der Waals surface area contributed by atoms with Gasteiger partial charge in [0.1, 0.15) is 6.61 Å². The summed E-state index contributed by atoms with van der Waals surface area (Å²) in [6.07, 6.45) is 3.61. The minimum Gasteiger partial charge on any atom is -0.486 e. The molecule has 0 aliphatic rings. The topological polar surface area (TPSA) is 27.1 Å². The molecule has 90 valence electrons. The molecule has 0 radical (unpaired) electrons. The molecule has 0 spiro atoms. The number of hydrogen-bond donors (Lipinski definition) is 0. The van der Waals surface area contributed by atoms with Gasteiger partial charge in [0.05, 0.1) is 6.20 Å². The van der Waals surface area contributed by atoms with Crippen molar-refractivity contribution in [3.05, 3.63) is 46.4 Å². The van der Waals surface area contributed by atoms with Crippen molar-refractivity contribution in [2.75, 3.05) is 0 Å². The third-order valence-corrected chi connectivity index (χ3v) is 2.79. The molecule has 0 saturated heterocycles. The molecule has 0 amide bonds. The van der Waals surface area contributed by atoms with Crippen LogP contribution in [0.2, 0.25) is 0 Å². The first-order chi connectivity index (χ1) is 8.19. The zero-order chi connectivity index (χ0) is 12.3. The Bertz CT molecular complexity index is 513. The highest BCUT2D eigenvalue weighted by Crippen LogP contribution is 2.23. The molecule has 2 aromatic rings. The van der Waals surface area contributed by atoms with Gasteiger partial charge in [-0.25, -0.2) is 4.39 Å². The number of halogens is 2. The molecule has 0 unspecified atom stereocenters. The van der Waals surface area contributed by atoms with Gasteiger partial charge in [-0.15, -0.1) is 0 Å². The van der Waals surface area contributed by atoms with Crippen LogP contribution in [0.4, 0.5) is 4.39 Å². The monoisotopic (exact) mass is 298 g/mol. The molecular weight excluding hydrogens is 287 g/mol. The second-order valence-corrected chi connectivity index (χ2v) is 4.48. The lowest BCUT2D eigenvalue weighted by atomic mass is 10.3. The summed E-state index contributed by atoms with van der Waals surface area (Å²) in [7, 11) is 0. The first kappa shape index (κ1) is 12.1. The Labute approximate surface area is 107 Å². The molecule has 0 fully saturated rings. The molecule has 0 bridgehead atoms. The molecule has 1 heterocycles. The summed E-state index contributed by atoms with van der Waals surface area (Å²) in [6.45, 7) is 3.13. The summed E-state index contributed by atoms with van der Waals surface area (Å²) < 4.78 is 21.4. The maximum Gasteiger partial charge on any atom is 0.165 e. The number of benzene rings is 1. The van der Waals surface area contributed by atoms with Crippen LogP contribution in [0.3, 0.4) is 0 Å². The van der Waals surface area contributed by atoms with E-state index in [4.69, 9.17) is 4.74 Å². The maximum atomic E-state index is 13.4. The van der Waals surface area contributed by atoms with Crippen molar-refractivity contribution in [2.45, 2.75) is 20.1 Å². The average Bonchev–Trinajstić information content (AvgIpc) is 2.78. The van der Waals surface area contributed by atoms with Crippen LogP contribution in [-0.4, -0.2) is 9.78 Å². The highest BCUT2D eigenvalue weighted by Gasteiger charge is 2.05. The lowest BCUT2D eigenvalue weighted by molar-refractivity contribution is 0.290. The van der Waals surface area contributed by atoms with Gasteiger partial charge in [-0.05, 0) is 25.1 Å². The Hall–Kier alpha value is -1.36. The van der Waals surface area contributed by atoms with Crippen molar-refractivity contribution in [3.8, 4) is 5.75 Å². The first-order valence-electron chi connectivity index (χ1n) is 5.28. The van der Waals surface area contributed by atoms with E-state index in [9.17, 15) is 4.39 Å². The van der Waals surface area contributed by atoms with Crippen molar-refractivity contribution in [3.63, 3.8) is 0 Å². The average molecular weight is 299 g/mol. The zero-order valence-corrected chi connectivity index (χ0v) is 10.9. The molecule has 0 aliphatic heterocycles. The summed E-state index contributed by atoms with van der Waals surface area (Å²) in [4.78, 5) is 0. The Morgan fingerprint density at radius 2 is 2.29 bits per heavy atom. The first-order valence-corrected chi connectivity index (χ1v) is 6.07. The van der Waals surface area contributed by atoms with Crippen LogP contribution < -0.4 is 4.74 Å². The van der Waals surface area contributed by atoms with E-state index in [1.807, 2.05) is 13.1 Å². The molecule has 5 heteroatoms. The molecule has 0 atom stereocenters. The van der Waals surface area contributed by atoms with Crippen LogP contribution in [0.1, 0.15) is 12.5 Å². The third kappa shape index (κ3) is 3.06. The molecule has 17 heavy (non-hydrogen) atoms. The molecule has 0 aliphatic carbocycles. The molecular formula is C12H12BrFN2O. The van der Waals surface area contributed by atoms with Crippen molar-refractivity contribution < 1.29 is 9.13 Å². The zero-order valence-electron chi connectivity index (χ0n) is 9.36. The number of hydrogen-bond acceptors (Lipinski definition) is 2. The largest absolute Gasteiger partial charge is 0.486 e. The van der Waals surface area contributed by atoms with Gasteiger partial charge >= 0.3 is 0 Å². The van der Waals surface area contributed by atoms with Gasteiger partial charge in [-0.2, -0.15) is 5.10 Å². The van der Waals surface area contributed by atoms with E-state index in [-0.39, 0.29) is 11.6 Å². The molecule has 0 saturated carbocycles. The summed E-state index contributed by atoms with van der Waals surface area (Å²) >= 11 is 3.27. The van der Waals surface area contributed by atoms with Crippen molar-refractivity contribution in [1.29, 1.82) is 0 Å². The molecule has 1 aromatic heterocycles.